The quantitative estimate of drug-likeness (QED) is 0.0644. The van der Waals surface area contributed by atoms with Gasteiger partial charge in [0.1, 0.15) is 41.7 Å². The lowest BCUT2D eigenvalue weighted by Crippen LogP contribution is -2.51. The molecule has 0 spiro atoms. The lowest BCUT2D eigenvalue weighted by molar-refractivity contribution is -0.138. The second kappa shape index (κ2) is 29.6. The average molecular weight is 1040 g/mol. The van der Waals surface area contributed by atoms with E-state index in [-0.39, 0.29) is 89.3 Å². The molecule has 20 nitrogen and oxygen atoms in total. The first-order valence-corrected chi connectivity index (χ1v) is 25.1. The van der Waals surface area contributed by atoms with Gasteiger partial charge in [-0.3, -0.25) is 43.2 Å². The van der Waals surface area contributed by atoms with Crippen molar-refractivity contribution in [3.8, 4) is 17.2 Å². The van der Waals surface area contributed by atoms with Crippen LogP contribution in [0.1, 0.15) is 134 Å². The van der Waals surface area contributed by atoms with Crippen LogP contribution in [0.25, 0.3) is 0 Å². The number of phenolic OH excluding ortho intramolecular Hbond substituents is 3. The zero-order valence-electron chi connectivity index (χ0n) is 43.9. The average Bonchev–Trinajstić information content (AvgIpc) is 3.98. The second-order valence-corrected chi connectivity index (χ2v) is 18.6. The molecule has 5 unspecified atom stereocenters. The number of nitrogens with zero attached hydrogens (tertiary/aromatic N) is 1. The summed E-state index contributed by atoms with van der Waals surface area (Å²) >= 11 is 0. The van der Waals surface area contributed by atoms with E-state index in [9.17, 15) is 58.5 Å². The minimum absolute atomic E-state index is 0.00809. The lowest BCUT2D eigenvalue weighted by atomic mass is 9.75. The van der Waals surface area contributed by atoms with Crippen LogP contribution in [0.4, 0.5) is 0 Å². The molecule has 0 bridgehead atoms. The Bertz CT molecular complexity index is 2610. The van der Waals surface area contributed by atoms with Crippen LogP contribution in [0.5, 0.6) is 17.2 Å². The zero-order valence-corrected chi connectivity index (χ0v) is 43.9. The van der Waals surface area contributed by atoms with E-state index in [2.05, 4.69) is 43.3 Å². The van der Waals surface area contributed by atoms with Crippen molar-refractivity contribution in [1.29, 1.82) is 0 Å². The summed E-state index contributed by atoms with van der Waals surface area (Å²) in [7, 11) is 1.62. The number of aromatic hydroxyl groups is 3. The normalized spacial score (nSPS) is 18.2. The van der Waals surface area contributed by atoms with Crippen molar-refractivity contribution in [1.82, 2.24) is 20.9 Å². The maximum Gasteiger partial charge on any atom is 0.307 e. The molecule has 75 heavy (non-hydrogen) atoms. The van der Waals surface area contributed by atoms with E-state index in [0.717, 1.165) is 17.5 Å². The Labute approximate surface area is 437 Å². The van der Waals surface area contributed by atoms with Gasteiger partial charge in [0.25, 0.3) is 0 Å². The van der Waals surface area contributed by atoms with Gasteiger partial charge in [-0.05, 0) is 89.1 Å². The van der Waals surface area contributed by atoms with Crippen LogP contribution in [-0.4, -0.2) is 141 Å². The molecule has 3 aromatic rings. The van der Waals surface area contributed by atoms with E-state index in [1.807, 2.05) is 19.9 Å². The number of nitrogens with one attached hydrogen (secondary N) is 3. The number of benzene rings is 3. The number of ether oxygens (including phenoxy) is 1. The van der Waals surface area contributed by atoms with E-state index in [1.165, 1.54) is 42.0 Å². The number of carboxylic acids is 1. The van der Waals surface area contributed by atoms with Gasteiger partial charge < -0.3 is 56.9 Å². The van der Waals surface area contributed by atoms with E-state index >= 15 is 0 Å². The number of Topliss-reactive ketones (excluding diaryl/α,β-unsaturated/α-hetero) is 2. The number of phenols is 3. The highest BCUT2D eigenvalue weighted by Gasteiger charge is 2.41. The largest absolute Gasteiger partial charge is 0.507 e. The Morgan fingerprint density at radius 3 is 2.01 bits per heavy atom. The third-order valence-corrected chi connectivity index (χ3v) is 12.6. The van der Waals surface area contributed by atoms with E-state index in [4.69, 9.17) is 20.7 Å². The molecule has 2 fully saturated rings. The SMILES string of the molecule is C=C1CC(C)OC1C.CCC.CCC(=O)Cc1cccc(CC(=O)O)c1.CNCC(=O)NC(C)C(=O)NCC(=O)N1CCCC1C(N)=O.O=C1c2cccc(O)c2C(=O)c2c(O)c3c(c(O)c21)CC(C(=O)CO)CC3. The first-order chi connectivity index (χ1) is 35.5. The molecule has 0 radical (unpaired) electrons. The number of amides is 4. The number of likely N-dealkylation sites (tertiary alicyclic amines) is 1. The summed E-state index contributed by atoms with van der Waals surface area (Å²) in [5.74, 6) is -5.89. The molecule has 20 heteroatoms. The number of carbonyl (C=O) groups is 9. The number of likely N-dealkylation sites (N-methyl/N-ethyl adjacent to an activating group) is 1. The fourth-order valence-corrected chi connectivity index (χ4v) is 8.76. The van der Waals surface area contributed by atoms with Gasteiger partial charge >= 0.3 is 5.97 Å². The number of nitrogens with two attached hydrogens (primary N) is 1. The number of primary amides is 1. The molecule has 5 atom stereocenters. The molecule has 2 aliphatic carbocycles. The summed E-state index contributed by atoms with van der Waals surface area (Å²) in [4.78, 5) is 107. The molecule has 2 aliphatic heterocycles. The summed E-state index contributed by atoms with van der Waals surface area (Å²) in [5.41, 5.74) is 7.77. The molecule has 2 saturated heterocycles. The summed E-state index contributed by atoms with van der Waals surface area (Å²) in [5, 5.41) is 56.7. The first kappa shape index (κ1) is 62.0. The molecule has 4 amide bonds. The van der Waals surface area contributed by atoms with Crippen LogP contribution in [0.2, 0.25) is 0 Å². The Morgan fingerprint density at radius 1 is 0.853 bits per heavy atom. The van der Waals surface area contributed by atoms with Crippen LogP contribution in [-0.2, 0) is 64.0 Å². The molecule has 2 heterocycles. The van der Waals surface area contributed by atoms with Crippen LogP contribution in [0.3, 0.4) is 0 Å². The van der Waals surface area contributed by atoms with Crippen LogP contribution in [0.15, 0.2) is 54.6 Å². The van der Waals surface area contributed by atoms with Gasteiger partial charge in [-0.15, -0.1) is 0 Å². The molecule has 7 rings (SSSR count). The van der Waals surface area contributed by atoms with Gasteiger partial charge in [0.15, 0.2) is 11.6 Å². The highest BCUT2D eigenvalue weighted by atomic mass is 16.5. The minimum atomic E-state index is -0.853. The predicted molar refractivity (Wildman–Crippen MR) is 277 cm³/mol. The van der Waals surface area contributed by atoms with Gasteiger partial charge in [-0.2, -0.15) is 0 Å². The first-order valence-electron chi connectivity index (χ1n) is 25.1. The second-order valence-electron chi connectivity index (χ2n) is 18.6. The van der Waals surface area contributed by atoms with Crippen molar-refractivity contribution in [2.75, 3.05) is 33.3 Å². The minimum Gasteiger partial charge on any atom is -0.507 e. The molecule has 0 aromatic heterocycles. The number of ketones is 4. The Kier molecular flexibility index (Phi) is 24.4. The van der Waals surface area contributed by atoms with E-state index in [1.54, 1.807) is 25.2 Å². The van der Waals surface area contributed by atoms with E-state index in [0.29, 0.717) is 56.4 Å². The van der Waals surface area contributed by atoms with Crippen LogP contribution >= 0.6 is 0 Å². The topological polar surface area (TPSA) is 329 Å². The maximum atomic E-state index is 12.9. The zero-order chi connectivity index (χ0) is 56.3. The third-order valence-electron chi connectivity index (χ3n) is 12.6. The number of carbonyl (C=O) groups excluding carboxylic acids is 8. The molecule has 0 saturated carbocycles. The third kappa shape index (κ3) is 17.1. The standard InChI is InChI=1S/C20H16O7.C13H23N5O4.C12H14O3.C7H12O.C3H8/c21-7-13(23)8-4-5-9-11(6-8)19(26)15-16(17(9)24)20(27)14-10(18(15)25)2-1-3-12(14)22;1-8(17-10(19)6-15-2)13(22)16-7-11(20)18-5-3-4-9(18)12(14)21;1-2-11(13)7-9-4-3-5-10(6-9)8-12(14)15;1-5-4-6(2)8-7(5)3;1-3-2/h1-3,8,21-22,24,26H,4-7H2;8-9,15H,3-7H2,1-2H3,(H2,14,21)(H,16,22)(H,17,19);3-6H,2,7-8H2,1H3,(H,14,15);6-7H,1,4H2,2-3H3;3H2,1-2H3. The predicted octanol–water partition coefficient (Wildman–Crippen LogP) is 3.54. The highest BCUT2D eigenvalue weighted by molar-refractivity contribution is 6.31. The Hall–Kier alpha value is -7.29. The number of rotatable bonds is 14. The number of aliphatic hydroxyl groups is 1. The number of aliphatic carboxylic acids is 1. The van der Waals surface area contributed by atoms with Crippen LogP contribution in [0, 0.1) is 5.92 Å². The fourth-order valence-electron chi connectivity index (χ4n) is 8.76. The summed E-state index contributed by atoms with van der Waals surface area (Å²) < 4.78 is 5.37. The van der Waals surface area contributed by atoms with Crippen molar-refractivity contribution < 1.29 is 73.4 Å². The summed E-state index contributed by atoms with van der Waals surface area (Å²) in [6.45, 7) is 15.3. The van der Waals surface area contributed by atoms with Gasteiger partial charge in [-0.25, -0.2) is 0 Å². The fraction of sp³-hybridized carbons (Fsp3) is 0.473. The number of aliphatic hydroxyl groups excluding tert-OH is 1. The van der Waals surface area contributed by atoms with E-state index < -0.39 is 65.5 Å². The number of carboxylic acid groups (broad SMARTS) is 1. The lowest BCUT2D eigenvalue weighted by Gasteiger charge is -2.29. The molecular formula is C55H73N5O15. The van der Waals surface area contributed by atoms with Gasteiger partial charge in [-0.1, -0.05) is 70.2 Å². The van der Waals surface area contributed by atoms with Gasteiger partial charge in [0, 0.05) is 42.0 Å². The van der Waals surface area contributed by atoms with Crippen LogP contribution < -0.4 is 21.7 Å². The smallest absolute Gasteiger partial charge is 0.307 e. The van der Waals surface area contributed by atoms with Crippen molar-refractivity contribution in [2.24, 2.45) is 11.7 Å². The number of fused-ring (bicyclic) bond motifs is 3. The molecule has 408 valence electrons. The monoisotopic (exact) mass is 1040 g/mol. The van der Waals surface area contributed by atoms with Gasteiger partial charge in [0.05, 0.1) is 48.4 Å². The van der Waals surface area contributed by atoms with Crippen molar-refractivity contribution in [3.05, 3.63) is 99.1 Å². The van der Waals surface area contributed by atoms with Gasteiger partial charge in [0.2, 0.25) is 29.4 Å². The number of hydrogen-bond donors (Lipinski definition) is 9. The summed E-state index contributed by atoms with van der Waals surface area (Å²) in [6, 6.07) is 9.87. The van der Waals surface area contributed by atoms with Crippen molar-refractivity contribution >= 4 is 52.7 Å². The maximum absolute atomic E-state index is 12.9. The highest BCUT2D eigenvalue weighted by Crippen LogP contribution is 2.47. The molecule has 10 N–H and O–H groups in total. The molecule has 3 aromatic carbocycles. The summed E-state index contributed by atoms with van der Waals surface area (Å²) in [6.07, 6.45) is 5.80. The number of hydrogen-bond acceptors (Lipinski definition) is 15. The van der Waals surface area contributed by atoms with Crippen molar-refractivity contribution in [3.63, 3.8) is 0 Å². The van der Waals surface area contributed by atoms with Crippen molar-refractivity contribution in [2.45, 2.75) is 130 Å². The molecular weight excluding hydrogens is 971 g/mol. The molecule has 4 aliphatic rings. The Balaban J connectivity index is 0.000000277. The Morgan fingerprint density at radius 2 is 1.47 bits per heavy atom.